The van der Waals surface area contributed by atoms with E-state index in [0.29, 0.717) is 23.5 Å². The molecule has 1 fully saturated rings. The molecule has 2 aromatic rings. The third kappa shape index (κ3) is 6.72. The highest BCUT2D eigenvalue weighted by Crippen LogP contribution is 2.31. The van der Waals surface area contributed by atoms with Crippen LogP contribution in [0.25, 0.3) is 0 Å². The average Bonchev–Trinajstić information content (AvgIpc) is 2.79. The summed E-state index contributed by atoms with van der Waals surface area (Å²) in [5.41, 5.74) is 1.77. The summed E-state index contributed by atoms with van der Waals surface area (Å²) in [6.07, 6.45) is 4.26. The summed E-state index contributed by atoms with van der Waals surface area (Å²) in [5, 5.41) is 19.9. The number of rotatable bonds is 7. The molecule has 174 valence electrons. The van der Waals surface area contributed by atoms with Gasteiger partial charge in [-0.3, -0.25) is 25.0 Å². The smallest absolute Gasteiger partial charge is 0.293 e. The van der Waals surface area contributed by atoms with Gasteiger partial charge in [-0.15, -0.1) is 0 Å². The van der Waals surface area contributed by atoms with Gasteiger partial charge in [0, 0.05) is 42.5 Å². The second kappa shape index (κ2) is 11.4. The van der Waals surface area contributed by atoms with Crippen LogP contribution in [-0.4, -0.2) is 34.9 Å². The first-order valence-corrected chi connectivity index (χ1v) is 11.3. The number of nitrogens with one attached hydrogen (secondary N) is 3. The van der Waals surface area contributed by atoms with E-state index in [9.17, 15) is 19.7 Å². The van der Waals surface area contributed by atoms with E-state index in [1.54, 1.807) is 36.4 Å². The van der Waals surface area contributed by atoms with Gasteiger partial charge >= 0.3 is 0 Å². The zero-order chi connectivity index (χ0) is 23.8. The fourth-order valence-corrected chi connectivity index (χ4v) is 3.89. The van der Waals surface area contributed by atoms with Gasteiger partial charge in [-0.2, -0.15) is 0 Å². The van der Waals surface area contributed by atoms with Crippen LogP contribution in [0.4, 0.5) is 22.7 Å². The number of carbonyl (C=O) groups excluding carboxylic acids is 2. The summed E-state index contributed by atoms with van der Waals surface area (Å²) in [5.74, 6) is -0.631. The number of hydrogen-bond acceptors (Lipinski definition) is 6. The molecule has 0 spiro atoms. The molecule has 1 aliphatic heterocycles. The van der Waals surface area contributed by atoms with Gasteiger partial charge in [0.05, 0.1) is 4.92 Å². The normalized spacial score (nSPS) is 13.2. The molecule has 10 heteroatoms. The Morgan fingerprint density at radius 2 is 1.76 bits per heavy atom. The van der Waals surface area contributed by atoms with Crippen LogP contribution in [0.5, 0.6) is 0 Å². The van der Waals surface area contributed by atoms with E-state index < -0.39 is 10.8 Å². The number of hydrogen-bond donors (Lipinski definition) is 3. The molecule has 2 amide bonds. The number of amides is 2. The molecule has 0 unspecified atom stereocenters. The molecular formula is C23H27N5O4S. The lowest BCUT2D eigenvalue weighted by Crippen LogP contribution is -2.34. The molecule has 1 aliphatic rings. The first kappa shape index (κ1) is 24.1. The topological polar surface area (TPSA) is 117 Å². The van der Waals surface area contributed by atoms with Gasteiger partial charge in [-0.1, -0.05) is 13.0 Å². The Balaban J connectivity index is 1.66. The van der Waals surface area contributed by atoms with Crippen molar-refractivity contribution in [1.29, 1.82) is 0 Å². The number of carbonyl (C=O) groups is 2. The highest BCUT2D eigenvalue weighted by atomic mass is 32.1. The Labute approximate surface area is 197 Å². The van der Waals surface area contributed by atoms with Gasteiger partial charge in [-0.25, -0.2) is 0 Å². The maximum Gasteiger partial charge on any atom is 0.293 e. The minimum atomic E-state index is -0.548. The summed E-state index contributed by atoms with van der Waals surface area (Å²) in [4.78, 5) is 37.6. The van der Waals surface area contributed by atoms with Crippen molar-refractivity contribution in [3.63, 3.8) is 0 Å². The van der Waals surface area contributed by atoms with Crippen molar-refractivity contribution in [2.45, 2.75) is 39.0 Å². The number of nitro groups is 1. The van der Waals surface area contributed by atoms with Crippen molar-refractivity contribution in [3.8, 4) is 0 Å². The molecule has 33 heavy (non-hydrogen) atoms. The van der Waals surface area contributed by atoms with Crippen LogP contribution in [-0.2, 0) is 4.79 Å². The van der Waals surface area contributed by atoms with Crippen molar-refractivity contribution in [2.75, 3.05) is 28.6 Å². The number of piperidine rings is 1. The highest BCUT2D eigenvalue weighted by Gasteiger charge is 2.23. The standard InChI is InChI=1S/C23H27N5O4S/c1-2-7-21(29)24-17-8-6-9-18(15-17)25-23(33)26-22(30)16-10-11-19(20(14-16)28(31)32)27-12-4-3-5-13-27/h6,8-11,14-15H,2-5,7,12-13H2,1H3,(H,24,29)(H2,25,26,30,33). The quantitative estimate of drug-likeness (QED) is 0.312. The van der Waals surface area contributed by atoms with Gasteiger partial charge in [0.25, 0.3) is 11.6 Å². The van der Waals surface area contributed by atoms with Crippen molar-refractivity contribution < 1.29 is 14.5 Å². The third-order valence-electron chi connectivity index (χ3n) is 5.24. The Hall–Kier alpha value is -3.53. The molecule has 0 aromatic heterocycles. The zero-order valence-electron chi connectivity index (χ0n) is 18.4. The zero-order valence-corrected chi connectivity index (χ0v) is 19.2. The lowest BCUT2D eigenvalue weighted by molar-refractivity contribution is -0.384. The molecule has 0 saturated carbocycles. The number of nitrogens with zero attached hydrogens (tertiary/aromatic N) is 2. The van der Waals surface area contributed by atoms with Crippen molar-refractivity contribution in [1.82, 2.24) is 5.32 Å². The van der Waals surface area contributed by atoms with Crippen molar-refractivity contribution >= 4 is 51.9 Å². The Morgan fingerprint density at radius 1 is 1.06 bits per heavy atom. The first-order chi connectivity index (χ1) is 15.9. The van der Waals surface area contributed by atoms with Gasteiger partial charge in [0.1, 0.15) is 5.69 Å². The highest BCUT2D eigenvalue weighted by molar-refractivity contribution is 7.80. The van der Waals surface area contributed by atoms with Crippen LogP contribution >= 0.6 is 12.2 Å². The first-order valence-electron chi connectivity index (χ1n) is 10.9. The fourth-order valence-electron chi connectivity index (χ4n) is 3.68. The minimum absolute atomic E-state index is 0.0415. The molecule has 0 radical (unpaired) electrons. The van der Waals surface area contributed by atoms with Gasteiger partial charge in [0.15, 0.2) is 5.11 Å². The fraction of sp³-hybridized carbons (Fsp3) is 0.348. The predicted molar refractivity (Wildman–Crippen MR) is 133 cm³/mol. The predicted octanol–water partition coefficient (Wildman–Crippen LogP) is 4.45. The number of anilines is 3. The SMILES string of the molecule is CCCC(=O)Nc1cccc(NC(=S)NC(=O)c2ccc(N3CCCCC3)c([N+](=O)[O-])c2)c1. The van der Waals surface area contributed by atoms with Crippen molar-refractivity contribution in [3.05, 3.63) is 58.1 Å². The number of nitro benzene ring substituents is 1. The van der Waals surface area contributed by atoms with E-state index in [0.717, 1.165) is 38.8 Å². The van der Waals surface area contributed by atoms with Gasteiger partial charge in [0.2, 0.25) is 5.91 Å². The summed E-state index contributed by atoms with van der Waals surface area (Å²) in [7, 11) is 0. The summed E-state index contributed by atoms with van der Waals surface area (Å²) >= 11 is 5.23. The molecule has 0 bridgehead atoms. The minimum Gasteiger partial charge on any atom is -0.366 e. The molecule has 0 atom stereocenters. The maximum absolute atomic E-state index is 12.7. The molecule has 1 heterocycles. The second-order valence-electron chi connectivity index (χ2n) is 7.80. The van der Waals surface area contributed by atoms with Crippen LogP contribution < -0.4 is 20.9 Å². The Kier molecular flexibility index (Phi) is 8.31. The van der Waals surface area contributed by atoms with E-state index in [-0.39, 0.29) is 22.3 Å². The maximum atomic E-state index is 12.7. The second-order valence-corrected chi connectivity index (χ2v) is 8.20. The molecule has 3 rings (SSSR count). The van der Waals surface area contributed by atoms with E-state index in [2.05, 4.69) is 16.0 Å². The lowest BCUT2D eigenvalue weighted by Gasteiger charge is -2.28. The molecule has 2 aromatic carbocycles. The van der Waals surface area contributed by atoms with Crippen LogP contribution in [0.3, 0.4) is 0 Å². The third-order valence-corrected chi connectivity index (χ3v) is 5.44. The number of thiocarbonyl (C=S) groups is 1. The summed E-state index contributed by atoms with van der Waals surface area (Å²) < 4.78 is 0. The number of benzene rings is 2. The Bertz CT molecular complexity index is 1050. The van der Waals surface area contributed by atoms with Crippen molar-refractivity contribution in [2.24, 2.45) is 0 Å². The molecular weight excluding hydrogens is 442 g/mol. The Morgan fingerprint density at radius 3 is 2.42 bits per heavy atom. The average molecular weight is 470 g/mol. The van der Waals surface area contributed by atoms with Gasteiger partial charge < -0.3 is 15.5 Å². The molecule has 3 N–H and O–H groups in total. The largest absolute Gasteiger partial charge is 0.366 e. The monoisotopic (exact) mass is 469 g/mol. The van der Waals surface area contributed by atoms with Gasteiger partial charge in [-0.05, 0) is 68.2 Å². The molecule has 1 saturated heterocycles. The van der Waals surface area contributed by atoms with Crippen LogP contribution in [0.15, 0.2) is 42.5 Å². The lowest BCUT2D eigenvalue weighted by atomic mass is 10.1. The van der Waals surface area contributed by atoms with Crippen LogP contribution in [0.1, 0.15) is 49.4 Å². The molecule has 0 aliphatic carbocycles. The summed E-state index contributed by atoms with van der Waals surface area (Å²) in [6.45, 7) is 3.45. The van der Waals surface area contributed by atoms with E-state index in [1.165, 1.54) is 6.07 Å². The van der Waals surface area contributed by atoms with Crippen LogP contribution in [0, 0.1) is 10.1 Å². The van der Waals surface area contributed by atoms with E-state index in [4.69, 9.17) is 12.2 Å². The summed E-state index contributed by atoms with van der Waals surface area (Å²) in [6, 6.07) is 11.4. The molecule has 9 nitrogen and oxygen atoms in total. The van der Waals surface area contributed by atoms with Crippen LogP contribution in [0.2, 0.25) is 0 Å². The van der Waals surface area contributed by atoms with E-state index in [1.807, 2.05) is 11.8 Å². The van der Waals surface area contributed by atoms with E-state index >= 15 is 0 Å².